The number of unbranched alkanes of at least 4 members (excludes halogenated alkanes) is 2. The molecule has 0 spiro atoms. The van der Waals surface area contributed by atoms with Gasteiger partial charge in [-0.05, 0) is 38.5 Å². The first-order valence-electron chi connectivity index (χ1n) is 8.58. The molecule has 0 saturated heterocycles. The van der Waals surface area contributed by atoms with Crippen LogP contribution in [0.25, 0.3) is 0 Å². The van der Waals surface area contributed by atoms with Crippen LogP contribution in [0, 0.1) is 5.41 Å². The van der Waals surface area contributed by atoms with E-state index in [-0.39, 0.29) is 5.41 Å². The highest BCUT2D eigenvalue weighted by Crippen LogP contribution is 2.33. The third kappa shape index (κ3) is 8.14. The molecule has 0 aromatic rings. The summed E-state index contributed by atoms with van der Waals surface area (Å²) in [4.78, 5) is 23.1. The van der Waals surface area contributed by atoms with E-state index in [1.807, 2.05) is 13.8 Å². The minimum absolute atomic E-state index is 0.0889. The Kier molecular flexibility index (Phi) is 8.63. The molecular formula is C18H36O4. The monoisotopic (exact) mass is 316 g/mol. The summed E-state index contributed by atoms with van der Waals surface area (Å²) in [5, 5.41) is 9.70. The number of carbonyl (C=O) groups is 1. The first kappa shape index (κ1) is 21.4. The molecule has 0 amide bonds. The zero-order chi connectivity index (χ0) is 17.4. The highest BCUT2D eigenvalue weighted by molar-refractivity contribution is 5.77. The van der Waals surface area contributed by atoms with E-state index in [2.05, 4.69) is 34.6 Å². The molecule has 0 aliphatic carbocycles. The lowest BCUT2D eigenvalue weighted by molar-refractivity contribution is -0.405. The van der Waals surface area contributed by atoms with Gasteiger partial charge in [0.25, 0.3) is 0 Å². The number of carboxylic acids is 1. The van der Waals surface area contributed by atoms with E-state index < -0.39 is 17.2 Å². The van der Waals surface area contributed by atoms with Crippen LogP contribution in [-0.4, -0.2) is 22.3 Å². The Bertz CT molecular complexity index is 320. The quantitative estimate of drug-likeness (QED) is 0.412. The van der Waals surface area contributed by atoms with Crippen LogP contribution in [0.4, 0.5) is 0 Å². The Hall–Kier alpha value is -0.610. The molecule has 0 atom stereocenters. The van der Waals surface area contributed by atoms with E-state index in [1.165, 1.54) is 0 Å². The van der Waals surface area contributed by atoms with Gasteiger partial charge in [-0.25, -0.2) is 14.6 Å². The molecule has 0 fully saturated rings. The average Bonchev–Trinajstić information content (AvgIpc) is 2.35. The summed E-state index contributed by atoms with van der Waals surface area (Å²) < 4.78 is 0. The largest absolute Gasteiger partial charge is 0.479 e. The molecule has 0 unspecified atom stereocenters. The first-order valence-corrected chi connectivity index (χ1v) is 8.58. The minimum Gasteiger partial charge on any atom is -0.479 e. The van der Waals surface area contributed by atoms with E-state index in [0.29, 0.717) is 12.8 Å². The third-order valence-electron chi connectivity index (χ3n) is 3.64. The summed E-state index contributed by atoms with van der Waals surface area (Å²) >= 11 is 0. The molecular weight excluding hydrogens is 280 g/mol. The molecule has 0 rings (SSSR count). The van der Waals surface area contributed by atoms with Crippen LogP contribution in [0.1, 0.15) is 93.4 Å². The van der Waals surface area contributed by atoms with Gasteiger partial charge in [-0.3, -0.25) is 0 Å². The van der Waals surface area contributed by atoms with Crippen molar-refractivity contribution in [3.63, 3.8) is 0 Å². The van der Waals surface area contributed by atoms with Gasteiger partial charge >= 0.3 is 5.97 Å². The Balaban J connectivity index is 4.98. The normalized spacial score (nSPS) is 13.4. The number of hydrogen-bond donors (Lipinski definition) is 1. The van der Waals surface area contributed by atoms with Crippen LogP contribution in [0.3, 0.4) is 0 Å². The van der Waals surface area contributed by atoms with Gasteiger partial charge in [-0.15, -0.1) is 0 Å². The molecule has 0 bridgehead atoms. The van der Waals surface area contributed by atoms with Crippen LogP contribution < -0.4 is 0 Å². The Morgan fingerprint density at radius 2 is 1.36 bits per heavy atom. The number of rotatable bonds is 11. The maximum absolute atomic E-state index is 11.8. The van der Waals surface area contributed by atoms with Crippen LogP contribution in [-0.2, 0) is 14.6 Å². The van der Waals surface area contributed by atoms with Crippen molar-refractivity contribution >= 4 is 5.97 Å². The lowest BCUT2D eigenvalue weighted by atomic mass is 9.84. The van der Waals surface area contributed by atoms with E-state index in [0.717, 1.165) is 32.1 Å². The molecule has 0 aliphatic rings. The fourth-order valence-corrected chi connectivity index (χ4v) is 2.88. The second-order valence-corrected chi connectivity index (χ2v) is 8.17. The predicted molar refractivity (Wildman–Crippen MR) is 89.7 cm³/mol. The van der Waals surface area contributed by atoms with Crippen LogP contribution in [0.5, 0.6) is 0 Å². The predicted octanol–water partition coefficient (Wildman–Crippen LogP) is 5.35. The van der Waals surface area contributed by atoms with Crippen molar-refractivity contribution in [1.29, 1.82) is 0 Å². The standard InChI is InChI=1S/C18H36O4/c1-8-10-12-18(15(19)20,13-11-9-2)22-21-17(6,7)14-16(3,4)5/h8-14H2,1-7H3,(H,19,20). The summed E-state index contributed by atoms with van der Waals surface area (Å²) in [6.07, 6.45) is 5.29. The van der Waals surface area contributed by atoms with E-state index >= 15 is 0 Å². The van der Waals surface area contributed by atoms with Gasteiger partial charge < -0.3 is 5.11 Å². The van der Waals surface area contributed by atoms with Crippen molar-refractivity contribution in [1.82, 2.24) is 0 Å². The van der Waals surface area contributed by atoms with Gasteiger partial charge in [-0.2, -0.15) is 0 Å². The maximum Gasteiger partial charge on any atom is 0.339 e. The Morgan fingerprint density at radius 1 is 0.909 bits per heavy atom. The van der Waals surface area contributed by atoms with Crippen LogP contribution in [0.2, 0.25) is 0 Å². The van der Waals surface area contributed by atoms with Crippen molar-refractivity contribution < 1.29 is 19.7 Å². The van der Waals surface area contributed by atoms with Gasteiger partial charge in [0.15, 0.2) is 5.60 Å². The number of carboxylic acid groups (broad SMARTS) is 1. The van der Waals surface area contributed by atoms with Gasteiger partial charge in [0.1, 0.15) is 0 Å². The molecule has 0 aromatic heterocycles. The summed E-state index contributed by atoms with van der Waals surface area (Å²) in [6.45, 7) is 14.4. The topological polar surface area (TPSA) is 55.8 Å². The highest BCUT2D eigenvalue weighted by Gasteiger charge is 2.42. The maximum atomic E-state index is 11.8. The molecule has 22 heavy (non-hydrogen) atoms. The lowest BCUT2D eigenvalue weighted by Crippen LogP contribution is -2.44. The van der Waals surface area contributed by atoms with E-state index in [1.54, 1.807) is 0 Å². The third-order valence-corrected chi connectivity index (χ3v) is 3.64. The summed E-state index contributed by atoms with van der Waals surface area (Å²) in [5.74, 6) is -0.916. The smallest absolute Gasteiger partial charge is 0.339 e. The molecule has 0 aromatic carbocycles. The second kappa shape index (κ2) is 8.88. The van der Waals surface area contributed by atoms with Crippen molar-refractivity contribution in [2.75, 3.05) is 0 Å². The lowest BCUT2D eigenvalue weighted by Gasteiger charge is -2.35. The fourth-order valence-electron chi connectivity index (χ4n) is 2.88. The molecule has 0 heterocycles. The fraction of sp³-hybridized carbons (Fsp3) is 0.944. The van der Waals surface area contributed by atoms with Crippen molar-refractivity contribution in [3.8, 4) is 0 Å². The Labute approximate surface area is 136 Å². The molecule has 4 nitrogen and oxygen atoms in total. The molecule has 0 radical (unpaired) electrons. The molecule has 0 saturated carbocycles. The Morgan fingerprint density at radius 3 is 1.68 bits per heavy atom. The second-order valence-electron chi connectivity index (χ2n) is 8.17. The summed E-state index contributed by atoms with van der Waals surface area (Å²) in [7, 11) is 0. The van der Waals surface area contributed by atoms with Gasteiger partial charge in [0.05, 0.1) is 5.60 Å². The zero-order valence-corrected chi connectivity index (χ0v) is 15.6. The van der Waals surface area contributed by atoms with Crippen molar-refractivity contribution in [3.05, 3.63) is 0 Å². The first-order chi connectivity index (χ1) is 9.98. The minimum atomic E-state index is -1.22. The van der Waals surface area contributed by atoms with Crippen LogP contribution in [0.15, 0.2) is 0 Å². The van der Waals surface area contributed by atoms with Gasteiger partial charge in [-0.1, -0.05) is 60.3 Å². The SMILES string of the molecule is CCCCC(CCCC)(OOC(C)(C)CC(C)(C)C)C(=O)O. The molecule has 4 heteroatoms. The van der Waals surface area contributed by atoms with E-state index in [4.69, 9.17) is 9.78 Å². The van der Waals surface area contributed by atoms with Gasteiger partial charge in [0.2, 0.25) is 0 Å². The molecule has 0 aliphatic heterocycles. The van der Waals surface area contributed by atoms with Crippen LogP contribution >= 0.6 is 0 Å². The zero-order valence-electron chi connectivity index (χ0n) is 15.6. The number of hydrogen-bond acceptors (Lipinski definition) is 3. The molecule has 132 valence electrons. The summed E-state index contributed by atoms with van der Waals surface area (Å²) in [5.41, 5.74) is -1.65. The molecule has 1 N–H and O–H groups in total. The highest BCUT2D eigenvalue weighted by atomic mass is 17.2. The van der Waals surface area contributed by atoms with Gasteiger partial charge in [0, 0.05) is 0 Å². The van der Waals surface area contributed by atoms with E-state index in [9.17, 15) is 9.90 Å². The van der Waals surface area contributed by atoms with Crippen molar-refractivity contribution in [2.45, 2.75) is 105 Å². The van der Waals surface area contributed by atoms with Crippen molar-refractivity contribution in [2.24, 2.45) is 5.41 Å². The average molecular weight is 316 g/mol. The number of aliphatic carboxylic acids is 1. The summed E-state index contributed by atoms with van der Waals surface area (Å²) in [6, 6.07) is 0.